The first-order chi connectivity index (χ1) is 5.34. The third-order valence-corrected chi connectivity index (χ3v) is 1.23. The minimum absolute atomic E-state index is 0.160. The van der Waals surface area contributed by atoms with Crippen molar-refractivity contribution in [2.24, 2.45) is 5.73 Å². The van der Waals surface area contributed by atoms with Crippen molar-refractivity contribution < 1.29 is 4.79 Å². The fraction of sp³-hybridized carbons (Fsp3) is 0.125. The van der Waals surface area contributed by atoms with Crippen molar-refractivity contribution in [1.82, 2.24) is 5.32 Å². The number of carbonyl (C=O) groups excluding carboxylic acids is 1. The number of benzene rings is 1. The first-order valence-electron chi connectivity index (χ1n) is 3.29. The third-order valence-electron chi connectivity index (χ3n) is 1.23. The van der Waals surface area contributed by atoms with E-state index in [-0.39, 0.29) is 12.6 Å². The molecule has 0 fully saturated rings. The Morgan fingerprint density at radius 3 is 3.09 bits per heavy atom. The zero-order valence-corrected chi connectivity index (χ0v) is 6.00. The Hall–Kier alpha value is -1.35. The van der Waals surface area contributed by atoms with Crippen LogP contribution in [0.3, 0.4) is 0 Å². The van der Waals surface area contributed by atoms with Gasteiger partial charge in [-0.1, -0.05) is 12.1 Å². The maximum absolute atomic E-state index is 11.0. The summed E-state index contributed by atoms with van der Waals surface area (Å²) in [5.74, 6) is -0.163. The summed E-state index contributed by atoms with van der Waals surface area (Å²) in [5, 5.41) is 2.48. The minimum Gasteiger partial charge on any atom is -0.340 e. The molecule has 0 spiro atoms. The van der Waals surface area contributed by atoms with Crippen LogP contribution >= 0.6 is 0 Å². The van der Waals surface area contributed by atoms with Crippen molar-refractivity contribution >= 4 is 5.91 Å². The van der Waals surface area contributed by atoms with E-state index in [1.807, 2.05) is 0 Å². The average molecular weight is 149 g/mol. The van der Waals surface area contributed by atoms with Crippen LogP contribution in [-0.2, 0) is 0 Å². The Bertz CT molecular complexity index is 233. The largest absolute Gasteiger partial charge is 0.340 e. The Balaban J connectivity index is 2.69. The van der Waals surface area contributed by atoms with Gasteiger partial charge in [0.25, 0.3) is 5.91 Å². The quantitative estimate of drug-likeness (QED) is 0.587. The molecule has 0 saturated heterocycles. The Morgan fingerprint density at radius 2 is 2.55 bits per heavy atom. The Kier molecular flexibility index (Phi) is 2.63. The summed E-state index contributed by atoms with van der Waals surface area (Å²) in [6, 6.07) is 9.62. The van der Waals surface area contributed by atoms with Gasteiger partial charge in [-0.05, 0) is 18.2 Å². The fourth-order valence-electron chi connectivity index (χ4n) is 0.729. The van der Waals surface area contributed by atoms with Crippen LogP contribution in [0.25, 0.3) is 0 Å². The molecule has 1 rings (SSSR count). The fourth-order valence-corrected chi connectivity index (χ4v) is 0.729. The zero-order valence-electron chi connectivity index (χ0n) is 6.00. The van der Waals surface area contributed by atoms with Crippen LogP contribution in [0.2, 0.25) is 0 Å². The monoisotopic (exact) mass is 149 g/mol. The van der Waals surface area contributed by atoms with Gasteiger partial charge < -0.3 is 11.1 Å². The van der Waals surface area contributed by atoms with E-state index in [4.69, 9.17) is 5.73 Å². The van der Waals surface area contributed by atoms with Crippen LogP contribution < -0.4 is 11.1 Å². The Labute approximate surface area is 65.2 Å². The van der Waals surface area contributed by atoms with Crippen molar-refractivity contribution in [3.05, 3.63) is 35.9 Å². The second-order valence-corrected chi connectivity index (χ2v) is 2.00. The minimum atomic E-state index is -0.163. The van der Waals surface area contributed by atoms with E-state index in [2.05, 4.69) is 11.4 Å². The highest BCUT2D eigenvalue weighted by molar-refractivity contribution is 5.93. The molecular weight excluding hydrogens is 140 g/mol. The van der Waals surface area contributed by atoms with Gasteiger partial charge in [0.1, 0.15) is 0 Å². The van der Waals surface area contributed by atoms with E-state index in [0.717, 1.165) is 0 Å². The summed E-state index contributed by atoms with van der Waals surface area (Å²) in [5.41, 5.74) is 5.71. The van der Waals surface area contributed by atoms with Crippen LogP contribution in [0.4, 0.5) is 0 Å². The van der Waals surface area contributed by atoms with Crippen LogP contribution in [0.1, 0.15) is 10.4 Å². The molecule has 0 unspecified atom stereocenters. The molecule has 1 amide bonds. The van der Waals surface area contributed by atoms with Crippen LogP contribution in [0.15, 0.2) is 24.3 Å². The third kappa shape index (κ3) is 2.05. The molecule has 1 radical (unpaired) electrons. The molecule has 0 aliphatic heterocycles. The van der Waals surface area contributed by atoms with Crippen LogP contribution in [0, 0.1) is 6.07 Å². The molecule has 3 N–H and O–H groups in total. The lowest BCUT2D eigenvalue weighted by molar-refractivity contribution is 0.0955. The molecule has 0 aliphatic carbocycles. The molecule has 1 aromatic rings. The van der Waals surface area contributed by atoms with Gasteiger partial charge in [0, 0.05) is 5.56 Å². The predicted molar refractivity (Wildman–Crippen MR) is 41.8 cm³/mol. The average Bonchev–Trinajstić information content (AvgIpc) is 2.07. The van der Waals surface area contributed by atoms with E-state index in [0.29, 0.717) is 5.56 Å². The number of carbonyl (C=O) groups is 1. The van der Waals surface area contributed by atoms with Crippen LogP contribution in [-0.4, -0.2) is 12.6 Å². The summed E-state index contributed by atoms with van der Waals surface area (Å²) >= 11 is 0. The number of nitrogens with two attached hydrogens (primary N) is 1. The molecule has 0 aliphatic rings. The first-order valence-corrected chi connectivity index (χ1v) is 3.29. The molecule has 1 aromatic carbocycles. The number of amides is 1. The maximum atomic E-state index is 11.0. The van der Waals surface area contributed by atoms with Gasteiger partial charge in [0.05, 0.1) is 6.67 Å². The normalized spacial score (nSPS) is 9.18. The molecule has 0 heterocycles. The van der Waals surface area contributed by atoms with E-state index in [1.165, 1.54) is 0 Å². The summed E-state index contributed by atoms with van der Waals surface area (Å²) < 4.78 is 0. The molecule has 0 aromatic heterocycles. The van der Waals surface area contributed by atoms with Crippen molar-refractivity contribution in [2.45, 2.75) is 0 Å². The molecule has 11 heavy (non-hydrogen) atoms. The highest BCUT2D eigenvalue weighted by Gasteiger charge is 2.00. The lowest BCUT2D eigenvalue weighted by Gasteiger charge is -1.99. The van der Waals surface area contributed by atoms with E-state index in [9.17, 15) is 4.79 Å². The molecule has 3 heteroatoms. The lowest BCUT2D eigenvalue weighted by Crippen LogP contribution is -2.29. The summed E-state index contributed by atoms with van der Waals surface area (Å²) in [6.45, 7) is 0.160. The molecule has 0 saturated carbocycles. The molecule has 0 bridgehead atoms. The second-order valence-electron chi connectivity index (χ2n) is 2.00. The summed E-state index contributed by atoms with van der Waals surface area (Å²) in [7, 11) is 0. The van der Waals surface area contributed by atoms with Crippen molar-refractivity contribution in [3.63, 3.8) is 0 Å². The van der Waals surface area contributed by atoms with Gasteiger partial charge in [0.15, 0.2) is 0 Å². The maximum Gasteiger partial charge on any atom is 0.252 e. The van der Waals surface area contributed by atoms with E-state index in [1.54, 1.807) is 24.3 Å². The van der Waals surface area contributed by atoms with Crippen molar-refractivity contribution in [2.75, 3.05) is 6.67 Å². The summed E-state index contributed by atoms with van der Waals surface area (Å²) in [4.78, 5) is 11.0. The highest BCUT2D eigenvalue weighted by Crippen LogP contribution is 1.95. The smallest absolute Gasteiger partial charge is 0.252 e. The highest BCUT2D eigenvalue weighted by atomic mass is 16.1. The zero-order chi connectivity index (χ0) is 8.10. The number of nitrogens with one attached hydrogen (secondary N) is 1. The van der Waals surface area contributed by atoms with Gasteiger partial charge in [-0.2, -0.15) is 0 Å². The molecule has 3 nitrogen and oxygen atoms in total. The van der Waals surface area contributed by atoms with E-state index < -0.39 is 0 Å². The second kappa shape index (κ2) is 3.73. The SMILES string of the molecule is NCNC(=O)c1c[c]ccc1. The van der Waals surface area contributed by atoms with Gasteiger partial charge in [0.2, 0.25) is 0 Å². The topological polar surface area (TPSA) is 55.1 Å². The lowest BCUT2D eigenvalue weighted by atomic mass is 10.2. The van der Waals surface area contributed by atoms with Gasteiger partial charge in [-0.25, -0.2) is 0 Å². The number of hydrogen-bond acceptors (Lipinski definition) is 2. The Morgan fingerprint density at radius 1 is 1.73 bits per heavy atom. The molecule has 57 valence electrons. The number of rotatable bonds is 2. The van der Waals surface area contributed by atoms with Crippen molar-refractivity contribution in [3.8, 4) is 0 Å². The van der Waals surface area contributed by atoms with Crippen LogP contribution in [0.5, 0.6) is 0 Å². The van der Waals surface area contributed by atoms with Gasteiger partial charge in [-0.15, -0.1) is 0 Å². The van der Waals surface area contributed by atoms with Gasteiger partial charge >= 0.3 is 0 Å². The van der Waals surface area contributed by atoms with E-state index >= 15 is 0 Å². The van der Waals surface area contributed by atoms with Crippen molar-refractivity contribution in [1.29, 1.82) is 0 Å². The first kappa shape index (κ1) is 7.75. The predicted octanol–water partition coefficient (Wildman–Crippen LogP) is 0.133. The molecule has 0 atom stereocenters. The number of hydrogen-bond donors (Lipinski definition) is 2. The van der Waals surface area contributed by atoms with Gasteiger partial charge in [-0.3, -0.25) is 4.79 Å². The summed E-state index contributed by atoms with van der Waals surface area (Å²) in [6.07, 6.45) is 0. The molecular formula is C8H9N2O. The standard InChI is InChI=1S/C8H9N2O/c9-6-10-8(11)7-4-2-1-3-5-7/h1-2,4-5H,6,9H2,(H,10,11).